The summed E-state index contributed by atoms with van der Waals surface area (Å²) >= 11 is 0. The topological polar surface area (TPSA) is 46.3 Å². The van der Waals surface area contributed by atoms with E-state index < -0.39 is 0 Å². The van der Waals surface area contributed by atoms with Crippen molar-refractivity contribution in [1.29, 1.82) is 0 Å². The zero-order valence-corrected chi connectivity index (χ0v) is 15.6. The van der Waals surface area contributed by atoms with E-state index in [0.29, 0.717) is 29.2 Å². The molecule has 3 atom stereocenters. The fourth-order valence-electron chi connectivity index (χ4n) is 4.77. The zero-order chi connectivity index (χ0) is 18.4. The van der Waals surface area contributed by atoms with E-state index in [-0.39, 0.29) is 23.8 Å². The number of aromatic nitrogens is 1. The van der Waals surface area contributed by atoms with Crippen LogP contribution in [0.15, 0.2) is 22.7 Å². The summed E-state index contributed by atoms with van der Waals surface area (Å²) in [4.78, 5) is 15.3. The van der Waals surface area contributed by atoms with Gasteiger partial charge < -0.3 is 9.42 Å². The highest BCUT2D eigenvalue weighted by Gasteiger charge is 2.44. The van der Waals surface area contributed by atoms with Crippen molar-refractivity contribution in [3.63, 3.8) is 0 Å². The SMILES string of the molecule is CCc1noc(C)c1C(=O)N1[C@@H]2CC[C@H]1CC(c1ccc(F)c(C)c1)C2. The van der Waals surface area contributed by atoms with Crippen LogP contribution in [0.5, 0.6) is 0 Å². The predicted molar refractivity (Wildman–Crippen MR) is 96.7 cm³/mol. The molecule has 4 rings (SSSR count). The summed E-state index contributed by atoms with van der Waals surface area (Å²) in [5.41, 5.74) is 3.30. The van der Waals surface area contributed by atoms with Crippen LogP contribution < -0.4 is 0 Å². The number of benzene rings is 1. The van der Waals surface area contributed by atoms with Crippen LogP contribution in [0.25, 0.3) is 0 Å². The van der Waals surface area contributed by atoms with Gasteiger partial charge in [0.1, 0.15) is 17.1 Å². The third kappa shape index (κ3) is 2.74. The lowest BCUT2D eigenvalue weighted by atomic mass is 9.84. The molecule has 4 nitrogen and oxygen atoms in total. The van der Waals surface area contributed by atoms with Gasteiger partial charge in [-0.05, 0) is 69.1 Å². The Morgan fingerprint density at radius 3 is 2.58 bits per heavy atom. The number of carbonyl (C=O) groups excluding carboxylic acids is 1. The van der Waals surface area contributed by atoms with Crippen molar-refractivity contribution in [2.45, 2.75) is 70.9 Å². The van der Waals surface area contributed by atoms with E-state index in [9.17, 15) is 9.18 Å². The molecule has 1 aromatic heterocycles. The number of hydrogen-bond donors (Lipinski definition) is 0. The summed E-state index contributed by atoms with van der Waals surface area (Å²) in [5, 5.41) is 4.04. The molecule has 0 N–H and O–H groups in total. The van der Waals surface area contributed by atoms with Crippen LogP contribution in [0.2, 0.25) is 0 Å². The molecule has 2 aliphatic heterocycles. The van der Waals surface area contributed by atoms with Crippen LogP contribution in [-0.4, -0.2) is 28.0 Å². The standard InChI is InChI=1S/C21H25FN2O2/c1-4-19-20(13(3)26-23-19)21(25)24-16-6-7-17(24)11-15(10-16)14-5-8-18(22)12(2)9-14/h5,8-9,15-17H,4,6-7,10-11H2,1-3H3/t15?,16-,17+. The first-order valence-electron chi connectivity index (χ1n) is 9.53. The molecule has 0 radical (unpaired) electrons. The number of piperidine rings is 1. The van der Waals surface area contributed by atoms with Crippen molar-refractivity contribution in [2.75, 3.05) is 0 Å². The molecule has 2 aliphatic rings. The van der Waals surface area contributed by atoms with Crippen LogP contribution in [0.4, 0.5) is 4.39 Å². The Bertz CT molecular complexity index is 831. The number of rotatable bonds is 3. The van der Waals surface area contributed by atoms with Gasteiger partial charge in [0.2, 0.25) is 0 Å². The van der Waals surface area contributed by atoms with E-state index >= 15 is 0 Å². The monoisotopic (exact) mass is 356 g/mol. The second-order valence-corrected chi connectivity index (χ2v) is 7.69. The molecule has 2 fully saturated rings. The summed E-state index contributed by atoms with van der Waals surface area (Å²) in [5.74, 6) is 0.925. The number of fused-ring (bicyclic) bond motifs is 2. The number of halogens is 1. The van der Waals surface area contributed by atoms with Gasteiger partial charge in [-0.25, -0.2) is 4.39 Å². The average Bonchev–Trinajstić information content (AvgIpc) is 3.13. The van der Waals surface area contributed by atoms with E-state index in [1.54, 1.807) is 6.07 Å². The second kappa shape index (κ2) is 6.53. The van der Waals surface area contributed by atoms with Gasteiger partial charge in [0.25, 0.3) is 5.91 Å². The summed E-state index contributed by atoms with van der Waals surface area (Å²) in [6.07, 6.45) is 4.66. The maximum Gasteiger partial charge on any atom is 0.259 e. The summed E-state index contributed by atoms with van der Waals surface area (Å²) in [6.45, 7) is 5.62. The quantitative estimate of drug-likeness (QED) is 0.811. The first kappa shape index (κ1) is 17.3. The Morgan fingerprint density at radius 2 is 1.96 bits per heavy atom. The second-order valence-electron chi connectivity index (χ2n) is 7.69. The highest BCUT2D eigenvalue weighted by atomic mass is 19.1. The van der Waals surface area contributed by atoms with Gasteiger partial charge in [-0.2, -0.15) is 0 Å². The fourth-order valence-corrected chi connectivity index (χ4v) is 4.77. The van der Waals surface area contributed by atoms with Crippen LogP contribution >= 0.6 is 0 Å². The first-order chi connectivity index (χ1) is 12.5. The van der Waals surface area contributed by atoms with Crippen molar-refractivity contribution >= 4 is 5.91 Å². The highest BCUT2D eigenvalue weighted by molar-refractivity contribution is 5.96. The van der Waals surface area contributed by atoms with Crippen molar-refractivity contribution in [2.24, 2.45) is 0 Å². The Morgan fingerprint density at radius 1 is 1.27 bits per heavy atom. The van der Waals surface area contributed by atoms with Gasteiger partial charge >= 0.3 is 0 Å². The van der Waals surface area contributed by atoms with Gasteiger partial charge in [-0.3, -0.25) is 4.79 Å². The molecular weight excluding hydrogens is 331 g/mol. The minimum atomic E-state index is -0.153. The van der Waals surface area contributed by atoms with Gasteiger partial charge in [-0.15, -0.1) is 0 Å². The third-order valence-corrected chi connectivity index (χ3v) is 6.10. The van der Waals surface area contributed by atoms with Crippen molar-refractivity contribution in [3.05, 3.63) is 52.2 Å². The average molecular weight is 356 g/mol. The lowest BCUT2D eigenvalue weighted by molar-refractivity contribution is 0.0568. The summed E-state index contributed by atoms with van der Waals surface area (Å²) in [7, 11) is 0. The molecule has 3 heterocycles. The Hall–Kier alpha value is -2.17. The minimum absolute atomic E-state index is 0.0711. The van der Waals surface area contributed by atoms with E-state index in [4.69, 9.17) is 4.52 Å². The number of aryl methyl sites for hydroxylation is 3. The van der Waals surface area contributed by atoms with E-state index in [1.807, 2.05) is 32.9 Å². The number of hydrogen-bond acceptors (Lipinski definition) is 3. The fraction of sp³-hybridized carbons (Fsp3) is 0.524. The molecule has 26 heavy (non-hydrogen) atoms. The Labute approximate surface area is 153 Å². The van der Waals surface area contributed by atoms with Gasteiger partial charge in [-0.1, -0.05) is 24.2 Å². The van der Waals surface area contributed by atoms with Crippen LogP contribution in [0, 0.1) is 19.7 Å². The maximum absolute atomic E-state index is 13.6. The molecule has 138 valence electrons. The van der Waals surface area contributed by atoms with E-state index in [1.165, 1.54) is 5.56 Å². The molecule has 1 unspecified atom stereocenters. The molecule has 1 amide bonds. The number of carbonyl (C=O) groups is 1. The lowest BCUT2D eigenvalue weighted by Gasteiger charge is -2.39. The van der Waals surface area contributed by atoms with Crippen molar-refractivity contribution in [3.8, 4) is 0 Å². The summed E-state index contributed by atoms with van der Waals surface area (Å²) < 4.78 is 18.9. The number of amides is 1. The van der Waals surface area contributed by atoms with Crippen LogP contribution in [0.1, 0.15) is 71.5 Å². The highest BCUT2D eigenvalue weighted by Crippen LogP contribution is 2.44. The number of nitrogens with zero attached hydrogens (tertiary/aromatic N) is 2. The van der Waals surface area contributed by atoms with Gasteiger partial charge in [0.05, 0.1) is 5.69 Å². The molecule has 2 saturated heterocycles. The van der Waals surface area contributed by atoms with Gasteiger partial charge in [0.15, 0.2) is 0 Å². The van der Waals surface area contributed by atoms with Crippen LogP contribution in [0.3, 0.4) is 0 Å². The molecule has 5 heteroatoms. The third-order valence-electron chi connectivity index (χ3n) is 6.10. The molecule has 0 spiro atoms. The molecule has 2 bridgehead atoms. The Balaban J connectivity index is 1.58. The minimum Gasteiger partial charge on any atom is -0.361 e. The zero-order valence-electron chi connectivity index (χ0n) is 15.6. The van der Waals surface area contributed by atoms with Gasteiger partial charge in [0, 0.05) is 12.1 Å². The predicted octanol–water partition coefficient (Wildman–Crippen LogP) is 4.54. The summed E-state index contributed by atoms with van der Waals surface area (Å²) in [6, 6.07) is 5.93. The molecule has 2 aromatic rings. The van der Waals surface area contributed by atoms with Crippen molar-refractivity contribution < 1.29 is 13.7 Å². The molecular formula is C21H25FN2O2. The maximum atomic E-state index is 13.6. The van der Waals surface area contributed by atoms with E-state index in [2.05, 4.69) is 10.1 Å². The lowest BCUT2D eigenvalue weighted by Crippen LogP contribution is -2.46. The largest absolute Gasteiger partial charge is 0.361 e. The van der Waals surface area contributed by atoms with Crippen molar-refractivity contribution in [1.82, 2.24) is 10.1 Å². The van der Waals surface area contributed by atoms with E-state index in [0.717, 1.165) is 31.4 Å². The van der Waals surface area contributed by atoms with Crippen LogP contribution in [-0.2, 0) is 6.42 Å². The first-order valence-corrected chi connectivity index (χ1v) is 9.53. The Kier molecular flexibility index (Phi) is 4.33. The molecule has 1 aromatic carbocycles. The molecule has 0 saturated carbocycles. The molecule has 0 aliphatic carbocycles. The normalized spacial score (nSPS) is 24.9. The smallest absolute Gasteiger partial charge is 0.259 e.